The van der Waals surface area contributed by atoms with Crippen molar-refractivity contribution in [1.82, 2.24) is 4.57 Å². The molecule has 0 radical (unpaired) electrons. The molecule has 0 aliphatic heterocycles. The molecule has 0 aliphatic carbocycles. The van der Waals surface area contributed by atoms with Gasteiger partial charge in [-0.1, -0.05) is 42.5 Å². The first kappa shape index (κ1) is 11.7. The monoisotopic (exact) mass is 254 g/mol. The van der Waals surface area contributed by atoms with Crippen LogP contribution >= 0.6 is 0 Å². The normalized spacial score (nSPS) is 12.7. The number of hydrogen-bond donors (Lipinski definition) is 1. The zero-order valence-corrected chi connectivity index (χ0v) is 10.3. The van der Waals surface area contributed by atoms with E-state index >= 15 is 0 Å². The van der Waals surface area contributed by atoms with Crippen LogP contribution < -0.4 is 11.5 Å². The van der Waals surface area contributed by atoms with Gasteiger partial charge in [-0.25, -0.2) is 4.79 Å². The zero-order chi connectivity index (χ0) is 13.2. The van der Waals surface area contributed by atoms with E-state index in [0.717, 1.165) is 11.1 Å². The molecule has 2 N–H and O–H groups in total. The molecule has 0 bridgehead atoms. The van der Waals surface area contributed by atoms with Crippen molar-refractivity contribution in [2.75, 3.05) is 0 Å². The van der Waals surface area contributed by atoms with E-state index in [1.54, 1.807) is 10.6 Å². The van der Waals surface area contributed by atoms with Gasteiger partial charge in [-0.3, -0.25) is 4.57 Å². The highest BCUT2D eigenvalue weighted by Crippen LogP contribution is 2.16. The number of para-hydroxylation sites is 2. The van der Waals surface area contributed by atoms with Crippen molar-refractivity contribution in [1.29, 1.82) is 0 Å². The SMILES string of the molecule is NC(Cn1c(=O)oc2ccccc21)c1ccccc1. The Morgan fingerprint density at radius 3 is 2.53 bits per heavy atom. The smallest absolute Gasteiger partial charge is 0.408 e. The van der Waals surface area contributed by atoms with E-state index < -0.39 is 0 Å². The van der Waals surface area contributed by atoms with Crippen molar-refractivity contribution in [3.8, 4) is 0 Å². The van der Waals surface area contributed by atoms with Crippen molar-refractivity contribution in [3.63, 3.8) is 0 Å². The number of nitrogens with zero attached hydrogens (tertiary/aromatic N) is 1. The van der Waals surface area contributed by atoms with Gasteiger partial charge in [0.05, 0.1) is 5.52 Å². The van der Waals surface area contributed by atoms with Gasteiger partial charge in [-0.05, 0) is 17.7 Å². The largest absolute Gasteiger partial charge is 0.420 e. The first-order chi connectivity index (χ1) is 9.25. The number of fused-ring (bicyclic) bond motifs is 1. The van der Waals surface area contributed by atoms with Crippen molar-refractivity contribution in [2.24, 2.45) is 5.73 Å². The molecule has 96 valence electrons. The topological polar surface area (TPSA) is 61.2 Å². The van der Waals surface area contributed by atoms with Crippen LogP contribution in [0.15, 0.2) is 63.8 Å². The van der Waals surface area contributed by atoms with Crippen LogP contribution in [-0.4, -0.2) is 4.57 Å². The molecule has 4 nitrogen and oxygen atoms in total. The summed E-state index contributed by atoms with van der Waals surface area (Å²) in [5.74, 6) is -0.368. The van der Waals surface area contributed by atoms with Crippen LogP contribution in [0.2, 0.25) is 0 Å². The summed E-state index contributed by atoms with van der Waals surface area (Å²) in [6.07, 6.45) is 0. The lowest BCUT2D eigenvalue weighted by atomic mass is 10.1. The first-order valence-corrected chi connectivity index (χ1v) is 6.14. The van der Waals surface area contributed by atoms with Crippen LogP contribution in [0, 0.1) is 0 Å². The van der Waals surface area contributed by atoms with Gasteiger partial charge in [0, 0.05) is 12.6 Å². The maximum atomic E-state index is 11.8. The molecule has 0 fully saturated rings. The third kappa shape index (κ3) is 2.18. The van der Waals surface area contributed by atoms with Crippen LogP contribution in [0.4, 0.5) is 0 Å². The fraction of sp³-hybridized carbons (Fsp3) is 0.133. The van der Waals surface area contributed by atoms with E-state index in [9.17, 15) is 4.79 Å². The molecule has 0 amide bonds. The summed E-state index contributed by atoms with van der Waals surface area (Å²) >= 11 is 0. The number of oxazole rings is 1. The quantitative estimate of drug-likeness (QED) is 0.780. The molecule has 1 aromatic heterocycles. The fourth-order valence-corrected chi connectivity index (χ4v) is 2.19. The van der Waals surface area contributed by atoms with Crippen LogP contribution in [-0.2, 0) is 6.54 Å². The fourth-order valence-electron chi connectivity index (χ4n) is 2.19. The molecular weight excluding hydrogens is 240 g/mol. The Bertz CT molecular complexity index is 743. The van der Waals surface area contributed by atoms with E-state index in [1.807, 2.05) is 48.5 Å². The van der Waals surface area contributed by atoms with Crippen molar-refractivity contribution >= 4 is 11.1 Å². The molecule has 1 atom stereocenters. The number of nitrogens with two attached hydrogens (primary N) is 1. The van der Waals surface area contributed by atoms with Gasteiger partial charge in [0.25, 0.3) is 0 Å². The maximum absolute atomic E-state index is 11.8. The summed E-state index contributed by atoms with van der Waals surface area (Å²) in [6, 6.07) is 16.8. The second-order valence-electron chi connectivity index (χ2n) is 4.46. The van der Waals surface area contributed by atoms with Gasteiger partial charge < -0.3 is 10.2 Å². The lowest BCUT2D eigenvalue weighted by Gasteiger charge is -2.12. The van der Waals surface area contributed by atoms with Crippen LogP contribution in [0.1, 0.15) is 11.6 Å². The van der Waals surface area contributed by atoms with Crippen LogP contribution in [0.3, 0.4) is 0 Å². The average Bonchev–Trinajstić information content (AvgIpc) is 2.76. The Morgan fingerprint density at radius 2 is 1.74 bits per heavy atom. The van der Waals surface area contributed by atoms with Crippen LogP contribution in [0.5, 0.6) is 0 Å². The minimum atomic E-state index is -0.368. The predicted molar refractivity (Wildman–Crippen MR) is 73.8 cm³/mol. The summed E-state index contributed by atoms with van der Waals surface area (Å²) in [5, 5.41) is 0. The van der Waals surface area contributed by atoms with E-state index in [-0.39, 0.29) is 11.8 Å². The minimum absolute atomic E-state index is 0.236. The molecule has 3 aromatic rings. The number of aromatic nitrogens is 1. The molecule has 0 saturated carbocycles. The predicted octanol–water partition coefficient (Wildman–Crippen LogP) is 2.29. The van der Waals surface area contributed by atoms with Gasteiger partial charge in [-0.15, -0.1) is 0 Å². The second kappa shape index (κ2) is 4.74. The van der Waals surface area contributed by atoms with Crippen molar-refractivity contribution < 1.29 is 4.42 Å². The Balaban J connectivity index is 1.98. The molecule has 0 aliphatic rings. The minimum Gasteiger partial charge on any atom is -0.408 e. The molecule has 3 rings (SSSR count). The van der Waals surface area contributed by atoms with Gasteiger partial charge in [-0.2, -0.15) is 0 Å². The first-order valence-electron chi connectivity index (χ1n) is 6.14. The Kier molecular flexibility index (Phi) is 2.93. The highest BCUT2D eigenvalue weighted by Gasteiger charge is 2.13. The molecule has 1 heterocycles. The molecule has 0 saturated heterocycles. The number of hydrogen-bond acceptors (Lipinski definition) is 3. The average molecular weight is 254 g/mol. The van der Waals surface area contributed by atoms with Gasteiger partial charge in [0.1, 0.15) is 0 Å². The van der Waals surface area contributed by atoms with E-state index in [1.165, 1.54) is 0 Å². The summed E-state index contributed by atoms with van der Waals surface area (Å²) in [4.78, 5) is 11.8. The Morgan fingerprint density at radius 1 is 1.05 bits per heavy atom. The summed E-state index contributed by atoms with van der Waals surface area (Å²) in [7, 11) is 0. The molecule has 19 heavy (non-hydrogen) atoms. The van der Waals surface area contributed by atoms with E-state index in [0.29, 0.717) is 12.1 Å². The molecule has 0 spiro atoms. The Labute approximate surface area is 110 Å². The molecule has 4 heteroatoms. The van der Waals surface area contributed by atoms with Gasteiger partial charge in [0.2, 0.25) is 0 Å². The highest BCUT2D eigenvalue weighted by molar-refractivity contribution is 5.72. The summed E-state index contributed by atoms with van der Waals surface area (Å²) in [6.45, 7) is 0.403. The van der Waals surface area contributed by atoms with E-state index in [2.05, 4.69) is 0 Å². The second-order valence-corrected chi connectivity index (χ2v) is 4.46. The summed E-state index contributed by atoms with van der Waals surface area (Å²) in [5.41, 5.74) is 8.51. The molecule has 1 unspecified atom stereocenters. The standard InChI is InChI=1S/C15H14N2O2/c16-12(11-6-2-1-3-7-11)10-17-13-8-4-5-9-14(13)19-15(17)18/h1-9,12H,10,16H2. The molecule has 2 aromatic carbocycles. The number of benzene rings is 2. The zero-order valence-electron chi connectivity index (χ0n) is 10.3. The maximum Gasteiger partial charge on any atom is 0.420 e. The van der Waals surface area contributed by atoms with Crippen molar-refractivity contribution in [2.45, 2.75) is 12.6 Å². The lowest BCUT2D eigenvalue weighted by molar-refractivity contribution is 0.480. The third-order valence-corrected chi connectivity index (χ3v) is 3.18. The Hall–Kier alpha value is -2.33. The van der Waals surface area contributed by atoms with Gasteiger partial charge in [0.15, 0.2) is 5.58 Å². The van der Waals surface area contributed by atoms with E-state index in [4.69, 9.17) is 10.2 Å². The lowest BCUT2D eigenvalue weighted by Crippen LogP contribution is -2.23. The summed E-state index contributed by atoms with van der Waals surface area (Å²) < 4.78 is 6.76. The van der Waals surface area contributed by atoms with Gasteiger partial charge >= 0.3 is 5.76 Å². The number of rotatable bonds is 3. The van der Waals surface area contributed by atoms with Crippen molar-refractivity contribution in [3.05, 3.63) is 70.7 Å². The molecular formula is C15H14N2O2. The highest BCUT2D eigenvalue weighted by atomic mass is 16.4. The third-order valence-electron chi connectivity index (χ3n) is 3.18. The van der Waals surface area contributed by atoms with Crippen LogP contribution in [0.25, 0.3) is 11.1 Å².